The molecule has 0 heterocycles. The van der Waals surface area contributed by atoms with Gasteiger partial charge in [-0.2, -0.15) is 0 Å². The maximum atomic E-state index is 12.4. The summed E-state index contributed by atoms with van der Waals surface area (Å²) in [5.74, 6) is 1.12. The Morgan fingerprint density at radius 1 is 1.04 bits per heavy atom. The van der Waals surface area contributed by atoms with E-state index < -0.39 is 10.8 Å². The number of hydrogen-bond acceptors (Lipinski definition) is 4. The second-order valence-electron chi connectivity index (χ2n) is 6.25. The average molecular weight is 375 g/mol. The molecular formula is C20H25NO4S. The number of amides is 1. The van der Waals surface area contributed by atoms with Gasteiger partial charge in [-0.25, -0.2) is 0 Å². The van der Waals surface area contributed by atoms with Gasteiger partial charge >= 0.3 is 0 Å². The van der Waals surface area contributed by atoms with E-state index in [-0.39, 0.29) is 18.1 Å². The number of carbonyl (C=O) groups excluding carboxylic acids is 1. The van der Waals surface area contributed by atoms with Gasteiger partial charge in [0.15, 0.2) is 11.5 Å². The fraction of sp³-hybridized carbons (Fsp3) is 0.350. The molecule has 0 aliphatic heterocycles. The van der Waals surface area contributed by atoms with Crippen LogP contribution in [0.25, 0.3) is 0 Å². The second-order valence-corrected chi connectivity index (χ2v) is 7.63. The SMILES string of the molecule is COc1cc(C(C)NC(=O)c2ccc(S(C)=O)cc2)ccc1OC(C)C. The molecule has 0 bridgehead atoms. The monoisotopic (exact) mass is 375 g/mol. The molecule has 140 valence electrons. The first-order chi connectivity index (χ1) is 12.3. The molecule has 2 unspecified atom stereocenters. The van der Waals surface area contributed by atoms with E-state index >= 15 is 0 Å². The van der Waals surface area contributed by atoms with Crippen molar-refractivity contribution < 1.29 is 18.5 Å². The minimum absolute atomic E-state index is 0.0484. The van der Waals surface area contributed by atoms with Gasteiger partial charge in [-0.15, -0.1) is 0 Å². The number of carbonyl (C=O) groups is 1. The fourth-order valence-corrected chi connectivity index (χ4v) is 2.99. The highest BCUT2D eigenvalue weighted by molar-refractivity contribution is 7.84. The van der Waals surface area contributed by atoms with E-state index in [0.29, 0.717) is 22.0 Å². The number of rotatable bonds is 7. The highest BCUT2D eigenvalue weighted by Crippen LogP contribution is 2.31. The minimum Gasteiger partial charge on any atom is -0.493 e. The van der Waals surface area contributed by atoms with Crippen molar-refractivity contribution in [2.45, 2.75) is 37.8 Å². The van der Waals surface area contributed by atoms with Crippen LogP contribution in [0.4, 0.5) is 0 Å². The summed E-state index contributed by atoms with van der Waals surface area (Å²) < 4.78 is 22.5. The third kappa shape index (κ3) is 5.08. The first kappa shape index (κ1) is 20.0. The fourth-order valence-electron chi connectivity index (χ4n) is 2.47. The van der Waals surface area contributed by atoms with Gasteiger partial charge in [-0.05, 0) is 62.7 Å². The lowest BCUT2D eigenvalue weighted by Gasteiger charge is -2.18. The van der Waals surface area contributed by atoms with Gasteiger partial charge in [0.05, 0.1) is 19.3 Å². The van der Waals surface area contributed by atoms with Gasteiger partial charge in [-0.3, -0.25) is 9.00 Å². The van der Waals surface area contributed by atoms with E-state index in [0.717, 1.165) is 5.56 Å². The average Bonchev–Trinajstić information content (AvgIpc) is 2.61. The topological polar surface area (TPSA) is 64.6 Å². The van der Waals surface area contributed by atoms with Crippen molar-refractivity contribution >= 4 is 16.7 Å². The summed E-state index contributed by atoms with van der Waals surface area (Å²) in [6.45, 7) is 5.82. The van der Waals surface area contributed by atoms with E-state index in [1.807, 2.05) is 39.0 Å². The number of methoxy groups -OCH3 is 1. The normalized spacial score (nSPS) is 13.2. The van der Waals surface area contributed by atoms with Gasteiger partial charge in [0.2, 0.25) is 0 Å². The smallest absolute Gasteiger partial charge is 0.251 e. The highest BCUT2D eigenvalue weighted by Gasteiger charge is 2.15. The molecule has 1 amide bonds. The van der Waals surface area contributed by atoms with E-state index in [9.17, 15) is 9.00 Å². The molecular weight excluding hydrogens is 350 g/mol. The molecule has 0 fully saturated rings. The molecule has 2 atom stereocenters. The Morgan fingerprint density at radius 3 is 2.23 bits per heavy atom. The molecule has 1 N–H and O–H groups in total. The van der Waals surface area contributed by atoms with Gasteiger partial charge in [-0.1, -0.05) is 6.07 Å². The molecule has 2 rings (SSSR count). The van der Waals surface area contributed by atoms with Crippen LogP contribution in [0.2, 0.25) is 0 Å². The Labute approximate surface area is 157 Å². The lowest BCUT2D eigenvalue weighted by Crippen LogP contribution is -2.26. The van der Waals surface area contributed by atoms with Crippen molar-refractivity contribution in [3.05, 3.63) is 53.6 Å². The van der Waals surface area contributed by atoms with Crippen LogP contribution < -0.4 is 14.8 Å². The summed E-state index contributed by atoms with van der Waals surface area (Å²) in [6, 6.07) is 12.2. The Balaban J connectivity index is 2.12. The van der Waals surface area contributed by atoms with Gasteiger partial charge in [0.25, 0.3) is 5.91 Å². The van der Waals surface area contributed by atoms with Crippen molar-refractivity contribution in [2.24, 2.45) is 0 Å². The van der Waals surface area contributed by atoms with Crippen LogP contribution in [0.3, 0.4) is 0 Å². The first-order valence-corrected chi connectivity index (χ1v) is 9.96. The number of ether oxygens (including phenoxy) is 2. The van der Waals surface area contributed by atoms with Crippen molar-refractivity contribution in [3.8, 4) is 11.5 Å². The summed E-state index contributed by atoms with van der Waals surface area (Å²) in [5, 5.41) is 2.96. The summed E-state index contributed by atoms with van der Waals surface area (Å²) in [7, 11) is 0.533. The second kappa shape index (κ2) is 8.85. The van der Waals surface area contributed by atoms with Crippen LogP contribution in [-0.2, 0) is 10.8 Å². The Morgan fingerprint density at radius 2 is 1.69 bits per heavy atom. The quantitative estimate of drug-likeness (QED) is 0.801. The zero-order valence-electron chi connectivity index (χ0n) is 15.7. The standard InChI is InChI=1S/C20H25NO4S/c1-13(2)25-18-11-8-16(12-19(18)24-4)14(3)21-20(22)15-6-9-17(10-7-15)26(5)23/h6-14H,1-5H3,(H,21,22). The van der Waals surface area contributed by atoms with Gasteiger partial charge < -0.3 is 14.8 Å². The number of nitrogens with one attached hydrogen (secondary N) is 1. The van der Waals surface area contributed by atoms with Crippen LogP contribution in [0.5, 0.6) is 11.5 Å². The lowest BCUT2D eigenvalue weighted by atomic mass is 10.1. The van der Waals surface area contributed by atoms with Crippen LogP contribution in [0.15, 0.2) is 47.4 Å². The predicted molar refractivity (Wildman–Crippen MR) is 103 cm³/mol. The van der Waals surface area contributed by atoms with Gasteiger partial charge in [0.1, 0.15) is 0 Å². The van der Waals surface area contributed by atoms with Crippen LogP contribution in [0.1, 0.15) is 42.7 Å². The molecule has 0 aromatic heterocycles. The summed E-state index contributed by atoms with van der Waals surface area (Å²) in [6.07, 6.45) is 1.66. The van der Waals surface area contributed by atoms with Gasteiger partial charge in [0, 0.05) is 27.5 Å². The Kier molecular flexibility index (Phi) is 6.80. The molecule has 0 aliphatic carbocycles. The lowest BCUT2D eigenvalue weighted by molar-refractivity contribution is 0.0939. The van der Waals surface area contributed by atoms with Crippen LogP contribution in [0, 0.1) is 0 Å². The summed E-state index contributed by atoms with van der Waals surface area (Å²) in [4.78, 5) is 13.1. The third-order valence-electron chi connectivity index (χ3n) is 3.85. The molecule has 0 spiro atoms. The van der Waals surface area contributed by atoms with E-state index in [1.165, 1.54) is 0 Å². The van der Waals surface area contributed by atoms with Crippen LogP contribution in [-0.4, -0.2) is 29.6 Å². The number of benzene rings is 2. The molecule has 0 radical (unpaired) electrons. The van der Waals surface area contributed by atoms with E-state index in [1.54, 1.807) is 37.6 Å². The molecule has 5 nitrogen and oxygen atoms in total. The third-order valence-corrected chi connectivity index (χ3v) is 4.78. The largest absolute Gasteiger partial charge is 0.493 e. The van der Waals surface area contributed by atoms with Crippen molar-refractivity contribution in [1.82, 2.24) is 5.32 Å². The van der Waals surface area contributed by atoms with Crippen LogP contribution >= 0.6 is 0 Å². The summed E-state index contributed by atoms with van der Waals surface area (Å²) in [5.41, 5.74) is 1.44. The molecule has 0 saturated heterocycles. The molecule has 6 heteroatoms. The molecule has 0 saturated carbocycles. The highest BCUT2D eigenvalue weighted by atomic mass is 32.2. The van der Waals surface area contributed by atoms with Crippen molar-refractivity contribution in [2.75, 3.05) is 13.4 Å². The molecule has 0 aliphatic rings. The molecule has 26 heavy (non-hydrogen) atoms. The predicted octanol–water partition coefficient (Wildman–Crippen LogP) is 3.71. The molecule has 2 aromatic rings. The summed E-state index contributed by atoms with van der Waals surface area (Å²) >= 11 is 0. The Hall–Kier alpha value is -2.34. The maximum absolute atomic E-state index is 12.4. The molecule has 2 aromatic carbocycles. The van der Waals surface area contributed by atoms with E-state index in [2.05, 4.69) is 5.32 Å². The maximum Gasteiger partial charge on any atom is 0.251 e. The Bertz CT molecular complexity index is 787. The van der Waals surface area contributed by atoms with Crippen molar-refractivity contribution in [1.29, 1.82) is 0 Å². The first-order valence-electron chi connectivity index (χ1n) is 8.40. The number of hydrogen-bond donors (Lipinski definition) is 1. The zero-order chi connectivity index (χ0) is 19.3. The van der Waals surface area contributed by atoms with E-state index in [4.69, 9.17) is 9.47 Å². The zero-order valence-corrected chi connectivity index (χ0v) is 16.6. The van der Waals surface area contributed by atoms with Crippen molar-refractivity contribution in [3.63, 3.8) is 0 Å². The minimum atomic E-state index is -1.06.